The summed E-state index contributed by atoms with van der Waals surface area (Å²) in [5.41, 5.74) is 1.39. The number of thioether (sulfide) groups is 1. The van der Waals surface area contributed by atoms with Gasteiger partial charge in [0.05, 0.1) is 6.26 Å². The molecular formula is C13H21NOS. The molecule has 0 radical (unpaired) electrons. The summed E-state index contributed by atoms with van der Waals surface area (Å²) in [6.45, 7) is 2.26. The van der Waals surface area contributed by atoms with Gasteiger partial charge < -0.3 is 9.73 Å². The number of hydrogen-bond donors (Lipinski definition) is 1. The second kappa shape index (κ2) is 5.78. The second-order valence-electron chi connectivity index (χ2n) is 4.47. The normalized spacial score (nSPS) is 21.8. The van der Waals surface area contributed by atoms with Crippen LogP contribution in [0.3, 0.4) is 0 Å². The number of fused-ring (bicyclic) bond motifs is 1. The Balaban J connectivity index is 2.01. The molecule has 3 heteroatoms. The van der Waals surface area contributed by atoms with Crippen molar-refractivity contribution < 1.29 is 4.42 Å². The first kappa shape index (κ1) is 12.1. The first-order valence-corrected chi connectivity index (χ1v) is 7.55. The highest BCUT2D eigenvalue weighted by Gasteiger charge is 2.23. The van der Waals surface area contributed by atoms with E-state index in [2.05, 4.69) is 24.6 Å². The van der Waals surface area contributed by atoms with Gasteiger partial charge in [0.25, 0.3) is 0 Å². The molecule has 2 unspecified atom stereocenters. The van der Waals surface area contributed by atoms with Crippen LogP contribution in [0.2, 0.25) is 0 Å². The summed E-state index contributed by atoms with van der Waals surface area (Å²) in [5.74, 6) is 2.39. The van der Waals surface area contributed by atoms with Gasteiger partial charge in [-0.15, -0.1) is 0 Å². The van der Waals surface area contributed by atoms with E-state index in [1.54, 1.807) is 0 Å². The molecule has 0 saturated heterocycles. The number of rotatable bonds is 5. The maximum Gasteiger partial charge on any atom is 0.108 e. The van der Waals surface area contributed by atoms with Gasteiger partial charge in [-0.05, 0) is 31.6 Å². The van der Waals surface area contributed by atoms with Crippen molar-refractivity contribution in [3.8, 4) is 0 Å². The highest BCUT2D eigenvalue weighted by molar-refractivity contribution is 7.98. The minimum Gasteiger partial charge on any atom is -0.469 e. The highest BCUT2D eigenvalue weighted by Crippen LogP contribution is 2.31. The van der Waals surface area contributed by atoms with Crippen molar-refractivity contribution in [1.82, 2.24) is 5.32 Å². The lowest BCUT2D eigenvalue weighted by Crippen LogP contribution is -2.35. The number of furan rings is 1. The van der Waals surface area contributed by atoms with Gasteiger partial charge >= 0.3 is 0 Å². The SMILES string of the molecule is CCC(CSC)NC1CCCc2occc21. The van der Waals surface area contributed by atoms with Gasteiger partial charge in [-0.3, -0.25) is 0 Å². The second-order valence-corrected chi connectivity index (χ2v) is 5.38. The fraction of sp³-hybridized carbons (Fsp3) is 0.692. The van der Waals surface area contributed by atoms with Crippen molar-refractivity contribution in [3.63, 3.8) is 0 Å². The van der Waals surface area contributed by atoms with E-state index < -0.39 is 0 Å². The molecule has 0 saturated carbocycles. The molecule has 0 amide bonds. The molecule has 90 valence electrons. The van der Waals surface area contributed by atoms with Gasteiger partial charge in [0.15, 0.2) is 0 Å². The van der Waals surface area contributed by atoms with E-state index in [9.17, 15) is 0 Å². The predicted octanol–water partition coefficient (Wildman–Crippen LogP) is 3.39. The Morgan fingerprint density at radius 3 is 3.25 bits per heavy atom. The molecule has 0 aromatic carbocycles. The van der Waals surface area contributed by atoms with Crippen LogP contribution in [0, 0.1) is 0 Å². The number of nitrogens with one attached hydrogen (secondary N) is 1. The summed E-state index contributed by atoms with van der Waals surface area (Å²) < 4.78 is 5.52. The molecular weight excluding hydrogens is 218 g/mol. The first-order chi connectivity index (χ1) is 7.85. The molecule has 0 bridgehead atoms. The Kier molecular flexibility index (Phi) is 4.36. The summed E-state index contributed by atoms with van der Waals surface area (Å²) in [6, 6.07) is 3.28. The average molecular weight is 239 g/mol. The maximum absolute atomic E-state index is 5.52. The van der Waals surface area contributed by atoms with Crippen LogP contribution in [0.5, 0.6) is 0 Å². The van der Waals surface area contributed by atoms with Crippen molar-refractivity contribution in [2.75, 3.05) is 12.0 Å². The topological polar surface area (TPSA) is 25.2 Å². The lowest BCUT2D eigenvalue weighted by Gasteiger charge is -2.27. The van der Waals surface area contributed by atoms with E-state index in [1.807, 2.05) is 18.0 Å². The Labute approximate surface area is 102 Å². The van der Waals surface area contributed by atoms with Crippen LogP contribution in [0.1, 0.15) is 43.6 Å². The third kappa shape index (κ3) is 2.64. The van der Waals surface area contributed by atoms with Crippen LogP contribution in [0.25, 0.3) is 0 Å². The molecule has 0 spiro atoms. The molecule has 2 rings (SSSR count). The molecule has 1 N–H and O–H groups in total. The van der Waals surface area contributed by atoms with Crippen LogP contribution in [0.15, 0.2) is 16.7 Å². The van der Waals surface area contributed by atoms with Gasteiger partial charge in [-0.25, -0.2) is 0 Å². The van der Waals surface area contributed by atoms with Crippen LogP contribution >= 0.6 is 11.8 Å². The summed E-state index contributed by atoms with van der Waals surface area (Å²) >= 11 is 1.92. The van der Waals surface area contributed by atoms with Crippen molar-refractivity contribution in [2.45, 2.75) is 44.7 Å². The molecule has 0 aliphatic heterocycles. The van der Waals surface area contributed by atoms with Crippen LogP contribution in [0.4, 0.5) is 0 Å². The molecule has 2 atom stereocenters. The predicted molar refractivity (Wildman–Crippen MR) is 70.0 cm³/mol. The van der Waals surface area contributed by atoms with Crippen molar-refractivity contribution >= 4 is 11.8 Å². The molecule has 2 nitrogen and oxygen atoms in total. The van der Waals surface area contributed by atoms with E-state index in [4.69, 9.17) is 4.42 Å². The largest absolute Gasteiger partial charge is 0.469 e. The van der Waals surface area contributed by atoms with Gasteiger partial charge in [-0.1, -0.05) is 6.92 Å². The highest BCUT2D eigenvalue weighted by atomic mass is 32.2. The fourth-order valence-corrected chi connectivity index (χ4v) is 3.16. The fourth-order valence-electron chi connectivity index (χ4n) is 2.43. The van der Waals surface area contributed by atoms with Gasteiger partial charge in [0.2, 0.25) is 0 Å². The molecule has 1 aliphatic rings. The third-order valence-corrected chi connectivity index (χ3v) is 4.09. The summed E-state index contributed by atoms with van der Waals surface area (Å²) in [7, 11) is 0. The summed E-state index contributed by atoms with van der Waals surface area (Å²) in [5, 5.41) is 3.77. The Morgan fingerprint density at radius 2 is 2.50 bits per heavy atom. The zero-order chi connectivity index (χ0) is 11.4. The van der Waals surface area contributed by atoms with Crippen molar-refractivity contribution in [3.05, 3.63) is 23.7 Å². The first-order valence-electron chi connectivity index (χ1n) is 6.16. The zero-order valence-electron chi connectivity index (χ0n) is 10.2. The number of hydrogen-bond acceptors (Lipinski definition) is 3. The van der Waals surface area contributed by atoms with Crippen LogP contribution in [-0.2, 0) is 6.42 Å². The van der Waals surface area contributed by atoms with E-state index >= 15 is 0 Å². The standard InChI is InChI=1S/C13H21NOS/c1-3-10(9-16-2)14-12-5-4-6-13-11(12)7-8-15-13/h7-8,10,12,14H,3-6,9H2,1-2H3. The van der Waals surface area contributed by atoms with Crippen molar-refractivity contribution in [2.24, 2.45) is 0 Å². The molecule has 1 aromatic heterocycles. The third-order valence-electron chi connectivity index (χ3n) is 3.35. The average Bonchev–Trinajstić information content (AvgIpc) is 2.77. The van der Waals surface area contributed by atoms with Crippen LogP contribution < -0.4 is 5.32 Å². The summed E-state index contributed by atoms with van der Waals surface area (Å²) in [6.07, 6.45) is 8.81. The van der Waals surface area contributed by atoms with Gasteiger partial charge in [0, 0.05) is 29.8 Å². The molecule has 1 heterocycles. The zero-order valence-corrected chi connectivity index (χ0v) is 11.0. The van der Waals surface area contributed by atoms with Gasteiger partial charge in [-0.2, -0.15) is 11.8 Å². The molecule has 0 fully saturated rings. The maximum atomic E-state index is 5.52. The smallest absolute Gasteiger partial charge is 0.108 e. The van der Waals surface area contributed by atoms with E-state index in [0.717, 1.165) is 6.42 Å². The lowest BCUT2D eigenvalue weighted by molar-refractivity contribution is 0.380. The molecule has 16 heavy (non-hydrogen) atoms. The number of aryl methyl sites for hydroxylation is 1. The lowest BCUT2D eigenvalue weighted by atomic mass is 9.93. The summed E-state index contributed by atoms with van der Waals surface area (Å²) in [4.78, 5) is 0. The molecule has 1 aromatic rings. The monoisotopic (exact) mass is 239 g/mol. The van der Waals surface area contributed by atoms with E-state index in [0.29, 0.717) is 12.1 Å². The van der Waals surface area contributed by atoms with E-state index in [1.165, 1.54) is 36.3 Å². The quantitative estimate of drug-likeness (QED) is 0.852. The van der Waals surface area contributed by atoms with Crippen LogP contribution in [-0.4, -0.2) is 18.1 Å². The minimum atomic E-state index is 0.514. The van der Waals surface area contributed by atoms with Crippen molar-refractivity contribution in [1.29, 1.82) is 0 Å². The van der Waals surface area contributed by atoms with E-state index in [-0.39, 0.29) is 0 Å². The minimum absolute atomic E-state index is 0.514. The molecule has 1 aliphatic carbocycles. The Bertz CT molecular complexity index is 323. The Hall–Kier alpha value is -0.410. The van der Waals surface area contributed by atoms with Gasteiger partial charge in [0.1, 0.15) is 5.76 Å². The Morgan fingerprint density at radius 1 is 1.62 bits per heavy atom.